The van der Waals surface area contributed by atoms with Gasteiger partial charge >= 0.3 is 0 Å². The van der Waals surface area contributed by atoms with Crippen molar-refractivity contribution in [1.82, 2.24) is 19.6 Å². The molecule has 1 aliphatic heterocycles. The number of carbonyl (C=O) groups excluding carboxylic acids is 4. The summed E-state index contributed by atoms with van der Waals surface area (Å²) in [6.45, 7) is 3.24. The maximum atomic E-state index is 11.9. The van der Waals surface area contributed by atoms with Gasteiger partial charge in [0.05, 0.1) is 19.6 Å². The number of carbonyl (C=O) groups is 4. The first-order chi connectivity index (χ1) is 11.4. The molecular formula is C14H24N4O6. The first kappa shape index (κ1) is 20.2. The van der Waals surface area contributed by atoms with Gasteiger partial charge in [-0.3, -0.25) is 38.8 Å². The summed E-state index contributed by atoms with van der Waals surface area (Å²) in [4.78, 5) is 51.0. The molecule has 0 aromatic carbocycles. The van der Waals surface area contributed by atoms with Crippen LogP contribution < -0.4 is 0 Å². The van der Waals surface area contributed by atoms with Crippen molar-refractivity contribution in [2.45, 2.75) is 19.9 Å². The van der Waals surface area contributed by atoms with Crippen LogP contribution in [0, 0.1) is 0 Å². The highest BCUT2D eigenvalue weighted by molar-refractivity contribution is 5.99. The zero-order valence-electron chi connectivity index (χ0n) is 13.9. The van der Waals surface area contributed by atoms with Crippen molar-refractivity contribution in [1.29, 1.82) is 0 Å². The fourth-order valence-corrected chi connectivity index (χ4v) is 2.43. The van der Waals surface area contributed by atoms with Crippen molar-refractivity contribution in [2.75, 3.05) is 46.2 Å². The van der Waals surface area contributed by atoms with Crippen LogP contribution in [0.25, 0.3) is 0 Å². The lowest BCUT2D eigenvalue weighted by molar-refractivity contribution is -0.157. The smallest absolute Gasteiger partial charge is 0.245 e. The predicted molar refractivity (Wildman–Crippen MR) is 82.1 cm³/mol. The van der Waals surface area contributed by atoms with Gasteiger partial charge in [0.1, 0.15) is 13.5 Å². The molecule has 0 aromatic rings. The van der Waals surface area contributed by atoms with Gasteiger partial charge < -0.3 is 10.2 Å². The highest BCUT2D eigenvalue weighted by Gasteiger charge is 2.33. The van der Waals surface area contributed by atoms with E-state index in [-0.39, 0.29) is 32.1 Å². The second-order valence-corrected chi connectivity index (χ2v) is 5.55. The number of amides is 4. The minimum atomic E-state index is -0.679. The van der Waals surface area contributed by atoms with Crippen LogP contribution in [0.3, 0.4) is 0 Å². The van der Waals surface area contributed by atoms with Gasteiger partial charge in [0, 0.05) is 12.6 Å². The van der Waals surface area contributed by atoms with Crippen molar-refractivity contribution >= 4 is 24.1 Å². The Morgan fingerprint density at radius 1 is 1.29 bits per heavy atom. The number of nitrogens with zero attached hydrogens (tertiary/aromatic N) is 4. The topological polar surface area (TPSA) is 122 Å². The lowest BCUT2D eigenvalue weighted by Crippen LogP contribution is -2.58. The van der Waals surface area contributed by atoms with E-state index < -0.39 is 31.2 Å². The quantitative estimate of drug-likeness (QED) is 0.262. The molecule has 1 fully saturated rings. The third kappa shape index (κ3) is 5.06. The Balaban J connectivity index is 2.62. The van der Waals surface area contributed by atoms with Crippen LogP contribution in [0.1, 0.15) is 13.8 Å². The molecule has 0 aliphatic carbocycles. The fraction of sp³-hybridized carbons (Fsp3) is 0.714. The van der Waals surface area contributed by atoms with Crippen LogP contribution in [-0.2, 0) is 19.2 Å². The van der Waals surface area contributed by atoms with E-state index in [1.807, 2.05) is 13.8 Å². The van der Waals surface area contributed by atoms with E-state index in [1.165, 1.54) is 0 Å². The van der Waals surface area contributed by atoms with Crippen LogP contribution in [0.5, 0.6) is 0 Å². The molecule has 1 unspecified atom stereocenters. The molecule has 4 amide bonds. The molecule has 1 aliphatic rings. The summed E-state index contributed by atoms with van der Waals surface area (Å²) in [7, 11) is 0. The number of hydrogen-bond acceptors (Lipinski definition) is 8. The van der Waals surface area contributed by atoms with Crippen molar-refractivity contribution in [3.05, 3.63) is 0 Å². The molecule has 1 atom stereocenters. The van der Waals surface area contributed by atoms with Gasteiger partial charge in [0.25, 0.3) is 0 Å². The number of piperazine rings is 1. The van der Waals surface area contributed by atoms with Crippen molar-refractivity contribution < 1.29 is 29.4 Å². The Kier molecular flexibility index (Phi) is 7.92. The van der Waals surface area contributed by atoms with E-state index in [0.29, 0.717) is 18.0 Å². The molecule has 10 nitrogen and oxygen atoms in total. The minimum absolute atomic E-state index is 0.00999. The molecule has 0 saturated carbocycles. The molecule has 2 N–H and O–H groups in total. The van der Waals surface area contributed by atoms with Gasteiger partial charge in [-0.25, -0.2) is 0 Å². The summed E-state index contributed by atoms with van der Waals surface area (Å²) < 4.78 is 0. The molecule has 0 radical (unpaired) electrons. The van der Waals surface area contributed by atoms with Gasteiger partial charge in [-0.2, -0.15) is 0 Å². The van der Waals surface area contributed by atoms with Crippen LogP contribution in [-0.4, -0.2) is 106 Å². The fourth-order valence-electron chi connectivity index (χ4n) is 2.43. The Morgan fingerprint density at radius 2 is 1.88 bits per heavy atom. The normalized spacial score (nSPS) is 17.3. The van der Waals surface area contributed by atoms with E-state index in [0.717, 1.165) is 4.90 Å². The number of aliphatic hydroxyl groups excluding tert-OH is 2. The van der Waals surface area contributed by atoms with Gasteiger partial charge in [0.15, 0.2) is 0 Å². The third-order valence-corrected chi connectivity index (χ3v) is 3.97. The number of likely N-dealkylation sites (N-methyl/N-ethyl adjacent to an activating group) is 1. The van der Waals surface area contributed by atoms with Gasteiger partial charge in [-0.05, 0) is 13.5 Å². The average Bonchev–Trinajstić information content (AvgIpc) is 2.54. The summed E-state index contributed by atoms with van der Waals surface area (Å²) in [6, 6.07) is -0.190. The molecule has 0 aromatic heterocycles. The number of aliphatic hydroxyl groups is 2. The van der Waals surface area contributed by atoms with Crippen LogP contribution in [0.15, 0.2) is 0 Å². The Morgan fingerprint density at radius 3 is 2.29 bits per heavy atom. The van der Waals surface area contributed by atoms with E-state index >= 15 is 0 Å². The summed E-state index contributed by atoms with van der Waals surface area (Å²) >= 11 is 0. The Hall–Kier alpha value is -1.88. The summed E-state index contributed by atoms with van der Waals surface area (Å²) in [5, 5.41) is 17.9. The van der Waals surface area contributed by atoms with Crippen molar-refractivity contribution in [3.63, 3.8) is 0 Å². The first-order valence-electron chi connectivity index (χ1n) is 7.63. The molecule has 0 bridgehead atoms. The first-order valence-corrected chi connectivity index (χ1v) is 7.63. The Labute approximate surface area is 140 Å². The lowest BCUT2D eigenvalue weighted by Gasteiger charge is -2.37. The van der Waals surface area contributed by atoms with E-state index in [9.17, 15) is 19.2 Å². The summed E-state index contributed by atoms with van der Waals surface area (Å²) in [5.41, 5.74) is 0. The van der Waals surface area contributed by atoms with Crippen molar-refractivity contribution in [3.8, 4) is 0 Å². The largest absolute Gasteiger partial charge is 0.376 e. The van der Waals surface area contributed by atoms with E-state index in [4.69, 9.17) is 10.2 Å². The zero-order chi connectivity index (χ0) is 18.3. The number of rotatable bonds is 9. The van der Waals surface area contributed by atoms with Crippen LogP contribution >= 0.6 is 0 Å². The van der Waals surface area contributed by atoms with E-state index in [2.05, 4.69) is 0 Å². The van der Waals surface area contributed by atoms with Crippen LogP contribution in [0.2, 0.25) is 0 Å². The highest BCUT2D eigenvalue weighted by Crippen LogP contribution is 2.10. The average molecular weight is 344 g/mol. The van der Waals surface area contributed by atoms with Crippen molar-refractivity contribution in [2.24, 2.45) is 0 Å². The van der Waals surface area contributed by atoms with E-state index in [1.54, 1.807) is 9.80 Å². The molecule has 10 heteroatoms. The molecule has 1 saturated heterocycles. The predicted octanol–water partition coefficient (Wildman–Crippen LogP) is -2.75. The highest BCUT2D eigenvalue weighted by atomic mass is 16.3. The monoisotopic (exact) mass is 344 g/mol. The standard InChI is InChI=1S/C14H24N4O6/c1-3-15(5-12(22)17(8-19)9-20)4-11(2)16-6-13(23)18(10-21)14(24)7-16/h8,11,20-21H,3-7,9-10H2,1-2H3. The molecule has 0 spiro atoms. The molecule has 1 rings (SSSR count). The maximum absolute atomic E-state index is 11.9. The van der Waals surface area contributed by atoms with Gasteiger partial charge in [0.2, 0.25) is 24.1 Å². The number of imide groups is 2. The zero-order valence-corrected chi connectivity index (χ0v) is 13.9. The lowest BCUT2D eigenvalue weighted by atomic mass is 10.2. The molecule has 1 heterocycles. The third-order valence-electron chi connectivity index (χ3n) is 3.97. The second kappa shape index (κ2) is 9.42. The second-order valence-electron chi connectivity index (χ2n) is 5.55. The minimum Gasteiger partial charge on any atom is -0.376 e. The molecular weight excluding hydrogens is 320 g/mol. The van der Waals surface area contributed by atoms with Gasteiger partial charge in [-0.1, -0.05) is 6.92 Å². The maximum Gasteiger partial charge on any atom is 0.245 e. The van der Waals surface area contributed by atoms with Crippen LogP contribution in [0.4, 0.5) is 0 Å². The molecule has 136 valence electrons. The SMILES string of the molecule is CCN(CC(=O)N(C=O)CO)CC(C)N1CC(=O)N(CO)C(=O)C1. The number of hydrogen-bond donors (Lipinski definition) is 2. The van der Waals surface area contributed by atoms with Gasteiger partial charge in [-0.15, -0.1) is 0 Å². The summed E-state index contributed by atoms with van der Waals surface area (Å²) in [5.74, 6) is -1.46. The summed E-state index contributed by atoms with van der Waals surface area (Å²) in [6.07, 6.45) is 0.269. The Bertz CT molecular complexity index is 468. The molecule has 24 heavy (non-hydrogen) atoms.